The van der Waals surface area contributed by atoms with Gasteiger partial charge in [0.2, 0.25) is 5.89 Å². The van der Waals surface area contributed by atoms with Crippen LogP contribution in [0.2, 0.25) is 0 Å². The van der Waals surface area contributed by atoms with E-state index in [4.69, 9.17) is 9.52 Å². The molecule has 0 saturated carbocycles. The third kappa shape index (κ3) is 3.38. The summed E-state index contributed by atoms with van der Waals surface area (Å²) in [5.74, 6) is 0.194. The van der Waals surface area contributed by atoms with Crippen LogP contribution in [0.5, 0.6) is 0 Å². The lowest BCUT2D eigenvalue weighted by molar-refractivity contribution is -0.137. The van der Waals surface area contributed by atoms with Gasteiger partial charge in [-0.3, -0.25) is 4.79 Å². The SMILES string of the molecule is CC(CC(=O)O)Cc1nnc(-c2snnc2C(C)C)o1. The molecular weight excluding hydrogens is 280 g/mol. The van der Waals surface area contributed by atoms with Gasteiger partial charge in [-0.25, -0.2) is 0 Å². The van der Waals surface area contributed by atoms with Crippen LogP contribution < -0.4 is 0 Å². The van der Waals surface area contributed by atoms with Gasteiger partial charge in [-0.2, -0.15) is 0 Å². The molecule has 0 radical (unpaired) electrons. The Morgan fingerprint density at radius 2 is 2.05 bits per heavy atom. The van der Waals surface area contributed by atoms with Crippen molar-refractivity contribution in [1.82, 2.24) is 19.8 Å². The van der Waals surface area contributed by atoms with E-state index in [1.165, 1.54) is 11.5 Å². The Labute approximate surface area is 120 Å². The second kappa shape index (κ2) is 6.08. The highest BCUT2D eigenvalue weighted by atomic mass is 32.1. The first kappa shape index (κ1) is 14.6. The minimum Gasteiger partial charge on any atom is -0.481 e. The van der Waals surface area contributed by atoms with Gasteiger partial charge in [0.05, 0.1) is 5.69 Å². The fourth-order valence-electron chi connectivity index (χ4n) is 1.82. The van der Waals surface area contributed by atoms with Gasteiger partial charge < -0.3 is 9.52 Å². The van der Waals surface area contributed by atoms with Crippen LogP contribution in [0.4, 0.5) is 0 Å². The molecule has 2 aromatic heterocycles. The molecule has 108 valence electrons. The van der Waals surface area contributed by atoms with Crippen molar-refractivity contribution in [3.8, 4) is 10.8 Å². The molecule has 0 bridgehead atoms. The first-order chi connectivity index (χ1) is 9.47. The third-order valence-corrected chi connectivity index (χ3v) is 3.50. The van der Waals surface area contributed by atoms with Crippen molar-refractivity contribution >= 4 is 17.5 Å². The smallest absolute Gasteiger partial charge is 0.303 e. The Kier molecular flexibility index (Phi) is 4.43. The van der Waals surface area contributed by atoms with Gasteiger partial charge >= 0.3 is 5.97 Å². The second-order valence-corrected chi connectivity index (χ2v) is 5.80. The summed E-state index contributed by atoms with van der Waals surface area (Å²) in [6, 6.07) is 0. The molecule has 8 heteroatoms. The van der Waals surface area contributed by atoms with E-state index >= 15 is 0 Å². The average molecular weight is 296 g/mol. The van der Waals surface area contributed by atoms with Crippen LogP contribution in [0.1, 0.15) is 44.7 Å². The molecule has 20 heavy (non-hydrogen) atoms. The summed E-state index contributed by atoms with van der Waals surface area (Å²) in [4.78, 5) is 11.4. The molecule has 2 rings (SSSR count). The molecule has 0 saturated heterocycles. The number of rotatable bonds is 6. The molecule has 1 N–H and O–H groups in total. The van der Waals surface area contributed by atoms with Gasteiger partial charge in [-0.05, 0) is 23.4 Å². The van der Waals surface area contributed by atoms with Gasteiger partial charge in [-0.1, -0.05) is 25.3 Å². The highest BCUT2D eigenvalue weighted by molar-refractivity contribution is 7.09. The summed E-state index contributed by atoms with van der Waals surface area (Å²) >= 11 is 1.22. The molecule has 2 heterocycles. The van der Waals surface area contributed by atoms with Crippen molar-refractivity contribution in [3.63, 3.8) is 0 Å². The van der Waals surface area contributed by atoms with Crippen LogP contribution in [-0.4, -0.2) is 30.9 Å². The van der Waals surface area contributed by atoms with Gasteiger partial charge in [0.1, 0.15) is 4.88 Å². The number of aliphatic carboxylic acids is 1. The zero-order valence-corrected chi connectivity index (χ0v) is 12.3. The summed E-state index contributed by atoms with van der Waals surface area (Å²) in [5, 5.41) is 20.8. The minimum absolute atomic E-state index is 0.0510. The molecule has 0 aromatic carbocycles. The quantitative estimate of drug-likeness (QED) is 0.872. The number of hydrogen-bond acceptors (Lipinski definition) is 7. The van der Waals surface area contributed by atoms with E-state index in [1.807, 2.05) is 20.8 Å². The first-order valence-corrected chi connectivity index (χ1v) is 7.11. The lowest BCUT2D eigenvalue weighted by Crippen LogP contribution is -2.07. The van der Waals surface area contributed by atoms with Crippen molar-refractivity contribution in [2.45, 2.75) is 39.5 Å². The Morgan fingerprint density at radius 1 is 1.30 bits per heavy atom. The maximum atomic E-state index is 10.6. The van der Waals surface area contributed by atoms with Gasteiger partial charge in [-0.15, -0.1) is 15.3 Å². The molecule has 2 aromatic rings. The van der Waals surface area contributed by atoms with E-state index < -0.39 is 5.97 Å². The van der Waals surface area contributed by atoms with E-state index in [0.29, 0.717) is 18.2 Å². The Balaban J connectivity index is 2.12. The summed E-state index contributed by atoms with van der Waals surface area (Å²) in [6.07, 6.45) is 0.527. The maximum absolute atomic E-state index is 10.6. The van der Waals surface area contributed by atoms with Crippen LogP contribution >= 0.6 is 11.5 Å². The highest BCUT2D eigenvalue weighted by Gasteiger charge is 2.20. The summed E-state index contributed by atoms with van der Waals surface area (Å²) in [5.41, 5.74) is 0.837. The second-order valence-electron chi connectivity index (χ2n) is 5.05. The van der Waals surface area contributed by atoms with E-state index in [0.717, 1.165) is 10.6 Å². The highest BCUT2D eigenvalue weighted by Crippen LogP contribution is 2.29. The fraction of sp³-hybridized carbons (Fsp3) is 0.583. The van der Waals surface area contributed by atoms with Crippen LogP contribution in [0.15, 0.2) is 4.42 Å². The van der Waals surface area contributed by atoms with Gasteiger partial charge in [0.25, 0.3) is 5.89 Å². The van der Waals surface area contributed by atoms with Crippen LogP contribution in [0.3, 0.4) is 0 Å². The number of hydrogen-bond donors (Lipinski definition) is 1. The van der Waals surface area contributed by atoms with Crippen LogP contribution in [0.25, 0.3) is 10.8 Å². The van der Waals surface area contributed by atoms with Crippen molar-refractivity contribution < 1.29 is 14.3 Å². The van der Waals surface area contributed by atoms with Crippen molar-refractivity contribution in [3.05, 3.63) is 11.6 Å². The van der Waals surface area contributed by atoms with E-state index in [2.05, 4.69) is 19.8 Å². The lowest BCUT2D eigenvalue weighted by Gasteiger charge is -2.03. The lowest BCUT2D eigenvalue weighted by atomic mass is 10.0. The fourth-order valence-corrected chi connectivity index (χ4v) is 2.56. The van der Waals surface area contributed by atoms with E-state index in [1.54, 1.807) is 0 Å². The Hall–Kier alpha value is -1.83. The van der Waals surface area contributed by atoms with Crippen LogP contribution in [0, 0.1) is 5.92 Å². The predicted molar refractivity (Wildman–Crippen MR) is 72.4 cm³/mol. The zero-order chi connectivity index (χ0) is 14.7. The molecule has 0 aliphatic heterocycles. The minimum atomic E-state index is -0.828. The van der Waals surface area contributed by atoms with Crippen molar-refractivity contribution in [1.29, 1.82) is 0 Å². The number of aromatic nitrogens is 4. The normalized spacial score (nSPS) is 12.8. The van der Waals surface area contributed by atoms with Crippen LogP contribution in [-0.2, 0) is 11.2 Å². The van der Waals surface area contributed by atoms with E-state index in [-0.39, 0.29) is 18.3 Å². The molecule has 1 atom stereocenters. The van der Waals surface area contributed by atoms with E-state index in [9.17, 15) is 4.79 Å². The third-order valence-electron chi connectivity index (χ3n) is 2.77. The molecule has 0 aliphatic carbocycles. The Morgan fingerprint density at radius 3 is 2.70 bits per heavy atom. The Bertz CT molecular complexity index is 593. The van der Waals surface area contributed by atoms with Gasteiger partial charge in [0.15, 0.2) is 0 Å². The summed E-state index contributed by atoms with van der Waals surface area (Å²) in [6.45, 7) is 5.88. The van der Waals surface area contributed by atoms with Gasteiger partial charge in [0, 0.05) is 12.8 Å². The number of carboxylic acid groups (broad SMARTS) is 1. The topological polar surface area (TPSA) is 102 Å². The average Bonchev–Trinajstić information content (AvgIpc) is 2.94. The standard InChI is InChI=1S/C12H16N4O3S/c1-6(2)10-11(20-16-14-10)12-15-13-8(19-12)4-7(3)5-9(17)18/h6-7H,4-5H2,1-3H3,(H,17,18). The molecule has 0 amide bonds. The maximum Gasteiger partial charge on any atom is 0.303 e. The molecule has 0 aliphatic rings. The first-order valence-electron chi connectivity index (χ1n) is 6.34. The van der Waals surface area contributed by atoms with Crippen molar-refractivity contribution in [2.75, 3.05) is 0 Å². The zero-order valence-electron chi connectivity index (χ0n) is 11.5. The number of carboxylic acids is 1. The largest absolute Gasteiger partial charge is 0.481 e. The number of nitrogens with zero attached hydrogens (tertiary/aromatic N) is 4. The molecular formula is C12H16N4O3S. The summed E-state index contributed by atoms with van der Waals surface area (Å²) < 4.78 is 9.50. The predicted octanol–water partition coefficient (Wildman–Crippen LogP) is 2.36. The molecule has 0 fully saturated rings. The molecule has 7 nitrogen and oxygen atoms in total. The molecule has 1 unspecified atom stereocenters. The molecule has 0 spiro atoms. The monoisotopic (exact) mass is 296 g/mol. The van der Waals surface area contributed by atoms with Crippen molar-refractivity contribution in [2.24, 2.45) is 5.92 Å². The summed E-state index contributed by atoms with van der Waals surface area (Å²) in [7, 11) is 0. The number of carbonyl (C=O) groups is 1.